The fourth-order valence-corrected chi connectivity index (χ4v) is 2.72. The Bertz CT molecular complexity index is 578. The number of nitrogens with one attached hydrogen (secondary N) is 1. The third-order valence-corrected chi connectivity index (χ3v) is 3.78. The first-order valence-corrected chi connectivity index (χ1v) is 8.03. The molecule has 0 atom stereocenters. The molecule has 0 unspecified atom stereocenters. The third kappa shape index (κ3) is 3.53. The fourth-order valence-electron chi connectivity index (χ4n) is 2.72. The summed E-state index contributed by atoms with van der Waals surface area (Å²) in [6.45, 7) is 11.7. The van der Waals surface area contributed by atoms with Crippen molar-refractivity contribution in [3.8, 4) is 0 Å². The van der Waals surface area contributed by atoms with Crippen molar-refractivity contribution in [2.45, 2.75) is 46.7 Å². The molecule has 1 aromatic heterocycles. The van der Waals surface area contributed by atoms with E-state index in [9.17, 15) is 0 Å². The van der Waals surface area contributed by atoms with Gasteiger partial charge in [-0.05, 0) is 37.8 Å². The fraction of sp³-hybridized carbons (Fsp3) is 0.500. The lowest BCUT2D eigenvalue weighted by Gasteiger charge is -2.29. The molecule has 114 valence electrons. The highest BCUT2D eigenvalue weighted by Gasteiger charge is 2.15. The van der Waals surface area contributed by atoms with Crippen molar-refractivity contribution >= 4 is 16.6 Å². The minimum Gasteiger partial charge on any atom is -0.354 e. The highest BCUT2D eigenvalue weighted by Crippen LogP contribution is 2.28. The number of fused-ring (bicyclic) bond motifs is 1. The summed E-state index contributed by atoms with van der Waals surface area (Å²) in [6, 6.07) is 9.08. The van der Waals surface area contributed by atoms with Crippen molar-refractivity contribution in [2.75, 3.05) is 18.0 Å². The van der Waals surface area contributed by atoms with E-state index >= 15 is 0 Å². The zero-order valence-corrected chi connectivity index (χ0v) is 13.7. The van der Waals surface area contributed by atoms with Crippen LogP contribution in [0, 0.1) is 0 Å². The van der Waals surface area contributed by atoms with E-state index in [1.54, 1.807) is 0 Å². The van der Waals surface area contributed by atoms with Crippen molar-refractivity contribution in [3.63, 3.8) is 0 Å². The van der Waals surface area contributed by atoms with Crippen molar-refractivity contribution < 1.29 is 0 Å². The van der Waals surface area contributed by atoms with E-state index < -0.39 is 0 Å². The van der Waals surface area contributed by atoms with Gasteiger partial charge in [0.1, 0.15) is 5.82 Å². The molecular weight excluding hydrogens is 258 g/mol. The molecule has 3 nitrogen and oxygen atoms in total. The molecule has 0 saturated heterocycles. The first kappa shape index (κ1) is 15.8. The largest absolute Gasteiger partial charge is 0.354 e. The SMILES string of the molecule is CCCN(c1ncc(CNCC)c2ccccc12)C(C)C. The zero-order valence-electron chi connectivity index (χ0n) is 13.7. The number of benzene rings is 1. The van der Waals surface area contributed by atoms with Gasteiger partial charge in [-0.2, -0.15) is 0 Å². The van der Waals surface area contributed by atoms with Crippen LogP contribution in [-0.2, 0) is 6.54 Å². The first-order chi connectivity index (χ1) is 10.2. The maximum absolute atomic E-state index is 4.79. The van der Waals surface area contributed by atoms with Gasteiger partial charge in [0.05, 0.1) is 0 Å². The minimum atomic E-state index is 0.459. The summed E-state index contributed by atoms with van der Waals surface area (Å²) in [6.07, 6.45) is 3.17. The number of hydrogen-bond acceptors (Lipinski definition) is 3. The van der Waals surface area contributed by atoms with E-state index in [4.69, 9.17) is 4.98 Å². The number of aromatic nitrogens is 1. The predicted octanol–water partition coefficient (Wildman–Crippen LogP) is 3.97. The lowest BCUT2D eigenvalue weighted by molar-refractivity contribution is 0.664. The van der Waals surface area contributed by atoms with Crippen LogP contribution in [-0.4, -0.2) is 24.1 Å². The monoisotopic (exact) mass is 285 g/mol. The second kappa shape index (κ2) is 7.41. The molecule has 0 aliphatic carbocycles. The molecule has 0 radical (unpaired) electrons. The minimum absolute atomic E-state index is 0.459. The summed E-state index contributed by atoms with van der Waals surface area (Å²) in [4.78, 5) is 7.19. The highest BCUT2D eigenvalue weighted by atomic mass is 15.2. The number of pyridine rings is 1. The van der Waals surface area contributed by atoms with Gasteiger partial charge >= 0.3 is 0 Å². The van der Waals surface area contributed by atoms with Crippen LogP contribution in [0.1, 0.15) is 39.7 Å². The molecule has 1 aromatic carbocycles. The van der Waals surface area contributed by atoms with Crippen LogP contribution >= 0.6 is 0 Å². The Morgan fingerprint density at radius 1 is 1.14 bits per heavy atom. The average molecular weight is 285 g/mol. The molecule has 2 aromatic rings. The van der Waals surface area contributed by atoms with Crippen molar-refractivity contribution in [1.82, 2.24) is 10.3 Å². The van der Waals surface area contributed by atoms with E-state index in [1.165, 1.54) is 16.3 Å². The predicted molar refractivity (Wildman–Crippen MR) is 91.9 cm³/mol. The van der Waals surface area contributed by atoms with Crippen LogP contribution in [0.4, 0.5) is 5.82 Å². The van der Waals surface area contributed by atoms with Crippen LogP contribution in [0.5, 0.6) is 0 Å². The molecule has 2 rings (SSSR count). The van der Waals surface area contributed by atoms with E-state index in [1.807, 2.05) is 6.20 Å². The second-order valence-electron chi connectivity index (χ2n) is 5.72. The Balaban J connectivity index is 2.50. The maximum atomic E-state index is 4.79. The van der Waals surface area contributed by atoms with E-state index in [-0.39, 0.29) is 0 Å². The smallest absolute Gasteiger partial charge is 0.136 e. The third-order valence-electron chi connectivity index (χ3n) is 3.78. The number of hydrogen-bond donors (Lipinski definition) is 1. The molecule has 3 heteroatoms. The highest BCUT2D eigenvalue weighted by molar-refractivity contribution is 5.94. The summed E-state index contributed by atoms with van der Waals surface area (Å²) in [7, 11) is 0. The van der Waals surface area contributed by atoms with Gasteiger partial charge in [-0.1, -0.05) is 38.1 Å². The van der Waals surface area contributed by atoms with Crippen LogP contribution < -0.4 is 10.2 Å². The molecular formula is C18H27N3. The molecule has 0 amide bonds. The molecule has 0 spiro atoms. The molecule has 1 N–H and O–H groups in total. The number of rotatable bonds is 7. The Kier molecular flexibility index (Phi) is 5.57. The van der Waals surface area contributed by atoms with Gasteiger partial charge in [-0.25, -0.2) is 4.98 Å². The number of nitrogens with zero attached hydrogens (tertiary/aromatic N) is 2. The van der Waals surface area contributed by atoms with Crippen molar-refractivity contribution in [1.29, 1.82) is 0 Å². The Hall–Kier alpha value is -1.61. The van der Waals surface area contributed by atoms with Gasteiger partial charge < -0.3 is 10.2 Å². The van der Waals surface area contributed by atoms with Gasteiger partial charge in [0.15, 0.2) is 0 Å². The van der Waals surface area contributed by atoms with Crippen LogP contribution in [0.15, 0.2) is 30.5 Å². The Labute approximate surface area is 128 Å². The molecule has 0 saturated carbocycles. The quantitative estimate of drug-likeness (QED) is 0.834. The maximum Gasteiger partial charge on any atom is 0.136 e. The standard InChI is InChI=1S/C18H27N3/c1-5-11-21(14(3)4)18-17-10-8-7-9-16(17)15(13-20-18)12-19-6-2/h7-10,13-14,19H,5-6,11-12H2,1-4H3. The van der Waals surface area contributed by atoms with Gasteiger partial charge in [0, 0.05) is 30.7 Å². The summed E-state index contributed by atoms with van der Waals surface area (Å²) in [5.74, 6) is 1.11. The Morgan fingerprint density at radius 2 is 1.86 bits per heavy atom. The number of anilines is 1. The van der Waals surface area contributed by atoms with Gasteiger partial charge in [0.25, 0.3) is 0 Å². The second-order valence-corrected chi connectivity index (χ2v) is 5.72. The zero-order chi connectivity index (χ0) is 15.2. The van der Waals surface area contributed by atoms with E-state index in [0.717, 1.165) is 31.9 Å². The van der Waals surface area contributed by atoms with Crippen molar-refractivity contribution in [2.24, 2.45) is 0 Å². The summed E-state index contributed by atoms with van der Waals surface area (Å²) in [5, 5.41) is 5.97. The van der Waals surface area contributed by atoms with E-state index in [0.29, 0.717) is 6.04 Å². The summed E-state index contributed by atoms with van der Waals surface area (Å²) in [5.41, 5.74) is 1.27. The molecule has 21 heavy (non-hydrogen) atoms. The summed E-state index contributed by atoms with van der Waals surface area (Å²) >= 11 is 0. The lowest BCUT2D eigenvalue weighted by atomic mass is 10.1. The van der Waals surface area contributed by atoms with Crippen LogP contribution in [0.3, 0.4) is 0 Å². The van der Waals surface area contributed by atoms with Gasteiger partial charge in [0.2, 0.25) is 0 Å². The molecule has 0 aliphatic rings. The lowest BCUT2D eigenvalue weighted by Crippen LogP contribution is -2.32. The normalized spacial score (nSPS) is 11.3. The summed E-state index contributed by atoms with van der Waals surface area (Å²) < 4.78 is 0. The van der Waals surface area contributed by atoms with E-state index in [2.05, 4.69) is 62.2 Å². The molecule has 0 bridgehead atoms. The molecule has 0 fully saturated rings. The van der Waals surface area contributed by atoms with Crippen LogP contribution in [0.25, 0.3) is 10.8 Å². The topological polar surface area (TPSA) is 28.2 Å². The molecule has 1 heterocycles. The van der Waals surface area contributed by atoms with Gasteiger partial charge in [-0.15, -0.1) is 0 Å². The molecule has 0 aliphatic heterocycles. The average Bonchev–Trinajstić information content (AvgIpc) is 2.50. The first-order valence-electron chi connectivity index (χ1n) is 8.03. The van der Waals surface area contributed by atoms with Gasteiger partial charge in [-0.3, -0.25) is 0 Å². The van der Waals surface area contributed by atoms with Crippen molar-refractivity contribution in [3.05, 3.63) is 36.0 Å². The van der Waals surface area contributed by atoms with Crippen LogP contribution in [0.2, 0.25) is 0 Å². The Morgan fingerprint density at radius 3 is 2.48 bits per heavy atom.